The molecular formula is C22H14ClNO4S2. The molecule has 1 aliphatic heterocycles. The summed E-state index contributed by atoms with van der Waals surface area (Å²) in [7, 11) is 0. The average molecular weight is 456 g/mol. The van der Waals surface area contributed by atoms with Crippen LogP contribution >= 0.6 is 35.6 Å². The SMILES string of the molecule is Cc1cc(C(=O)O)ccc1-c1ccc(/C=C2/SC(=S)N(c3cccc(Cl)c3)C2=O)o1. The number of rotatable bonds is 4. The summed E-state index contributed by atoms with van der Waals surface area (Å²) in [6.45, 7) is 1.82. The van der Waals surface area contributed by atoms with Gasteiger partial charge in [-0.15, -0.1) is 0 Å². The fourth-order valence-corrected chi connectivity index (χ4v) is 4.55. The first-order valence-corrected chi connectivity index (χ1v) is 10.4. The maximum atomic E-state index is 12.9. The van der Waals surface area contributed by atoms with Crippen molar-refractivity contribution in [1.29, 1.82) is 0 Å². The van der Waals surface area contributed by atoms with Gasteiger partial charge < -0.3 is 9.52 Å². The number of anilines is 1. The molecule has 1 amide bonds. The van der Waals surface area contributed by atoms with Crippen molar-refractivity contribution in [1.82, 2.24) is 0 Å². The molecule has 0 radical (unpaired) electrons. The third-order valence-electron chi connectivity index (χ3n) is 4.50. The molecule has 1 saturated heterocycles. The highest BCUT2D eigenvalue weighted by molar-refractivity contribution is 8.27. The summed E-state index contributed by atoms with van der Waals surface area (Å²) in [5.41, 5.74) is 2.39. The van der Waals surface area contributed by atoms with Crippen molar-refractivity contribution >= 4 is 63.5 Å². The minimum atomic E-state index is -0.980. The number of amides is 1. The van der Waals surface area contributed by atoms with Crippen LogP contribution in [-0.4, -0.2) is 21.3 Å². The Morgan fingerprint density at radius 1 is 1.20 bits per heavy atom. The molecule has 3 aromatic rings. The number of thioether (sulfide) groups is 1. The Balaban J connectivity index is 1.61. The van der Waals surface area contributed by atoms with Crippen LogP contribution in [-0.2, 0) is 4.79 Å². The lowest BCUT2D eigenvalue weighted by Crippen LogP contribution is -2.27. The van der Waals surface area contributed by atoms with Crippen LogP contribution in [0.2, 0.25) is 5.02 Å². The van der Waals surface area contributed by atoms with Crippen LogP contribution in [0.4, 0.5) is 5.69 Å². The van der Waals surface area contributed by atoms with E-state index >= 15 is 0 Å². The molecule has 30 heavy (non-hydrogen) atoms. The second kappa shape index (κ2) is 8.10. The Labute approximate surface area is 186 Å². The van der Waals surface area contributed by atoms with E-state index in [1.807, 2.05) is 6.92 Å². The van der Waals surface area contributed by atoms with Gasteiger partial charge in [0.05, 0.1) is 16.2 Å². The molecule has 4 rings (SSSR count). The molecule has 0 bridgehead atoms. The number of halogens is 1. The first-order valence-electron chi connectivity index (χ1n) is 8.81. The predicted octanol–water partition coefficient (Wildman–Crippen LogP) is 6.01. The van der Waals surface area contributed by atoms with Crippen molar-refractivity contribution in [2.45, 2.75) is 6.92 Å². The number of carbonyl (C=O) groups excluding carboxylic acids is 1. The van der Waals surface area contributed by atoms with Gasteiger partial charge in [-0.2, -0.15) is 0 Å². The molecule has 0 atom stereocenters. The molecule has 150 valence electrons. The number of thiocarbonyl (C=S) groups is 1. The second-order valence-corrected chi connectivity index (χ2v) is 8.65. The maximum absolute atomic E-state index is 12.9. The van der Waals surface area contributed by atoms with Gasteiger partial charge in [0.25, 0.3) is 5.91 Å². The number of benzene rings is 2. The van der Waals surface area contributed by atoms with Crippen molar-refractivity contribution in [2.75, 3.05) is 4.90 Å². The largest absolute Gasteiger partial charge is 0.478 e. The van der Waals surface area contributed by atoms with E-state index in [9.17, 15) is 9.59 Å². The van der Waals surface area contributed by atoms with Crippen LogP contribution in [0.3, 0.4) is 0 Å². The zero-order valence-electron chi connectivity index (χ0n) is 15.6. The highest BCUT2D eigenvalue weighted by atomic mass is 35.5. The van der Waals surface area contributed by atoms with E-state index in [4.69, 9.17) is 33.3 Å². The molecule has 2 aromatic carbocycles. The molecule has 0 aliphatic carbocycles. The number of hydrogen-bond acceptors (Lipinski definition) is 5. The standard InChI is InChI=1S/C22H14ClNO4S2/c1-12-9-13(21(26)27)5-7-17(12)18-8-6-16(28-18)11-19-20(25)24(22(29)30-19)15-4-2-3-14(23)10-15/h2-11H,1H3,(H,26,27)/b19-11+. The Hall–Kier alpha value is -2.87. The van der Waals surface area contributed by atoms with Crippen LogP contribution in [0, 0.1) is 6.92 Å². The van der Waals surface area contributed by atoms with E-state index in [1.54, 1.807) is 54.6 Å². The van der Waals surface area contributed by atoms with Crippen molar-refractivity contribution < 1.29 is 19.1 Å². The van der Waals surface area contributed by atoms with E-state index in [1.165, 1.54) is 22.7 Å². The summed E-state index contributed by atoms with van der Waals surface area (Å²) in [4.78, 5) is 25.9. The minimum absolute atomic E-state index is 0.215. The smallest absolute Gasteiger partial charge is 0.335 e. The van der Waals surface area contributed by atoms with Gasteiger partial charge in [-0.3, -0.25) is 9.69 Å². The fraction of sp³-hybridized carbons (Fsp3) is 0.0455. The highest BCUT2D eigenvalue weighted by Crippen LogP contribution is 2.37. The average Bonchev–Trinajstić information content (AvgIpc) is 3.26. The van der Waals surface area contributed by atoms with Gasteiger partial charge in [0.1, 0.15) is 11.5 Å². The third-order valence-corrected chi connectivity index (χ3v) is 6.04. The summed E-state index contributed by atoms with van der Waals surface area (Å²) >= 11 is 12.6. The molecule has 1 aliphatic rings. The van der Waals surface area contributed by atoms with E-state index < -0.39 is 5.97 Å². The van der Waals surface area contributed by atoms with Gasteiger partial charge in [0.15, 0.2) is 4.32 Å². The molecule has 0 saturated carbocycles. The highest BCUT2D eigenvalue weighted by Gasteiger charge is 2.33. The first-order chi connectivity index (χ1) is 14.3. The quantitative estimate of drug-likeness (QED) is 0.383. The molecule has 0 spiro atoms. The molecule has 0 unspecified atom stereocenters. The number of carboxylic acid groups (broad SMARTS) is 1. The molecule has 1 N–H and O–H groups in total. The monoisotopic (exact) mass is 455 g/mol. The van der Waals surface area contributed by atoms with Crippen molar-refractivity contribution in [3.63, 3.8) is 0 Å². The zero-order valence-corrected chi connectivity index (χ0v) is 18.0. The predicted molar refractivity (Wildman–Crippen MR) is 123 cm³/mol. The number of carbonyl (C=O) groups is 2. The van der Waals surface area contributed by atoms with Gasteiger partial charge in [0, 0.05) is 16.7 Å². The summed E-state index contributed by atoms with van der Waals surface area (Å²) in [5, 5.41) is 9.63. The summed E-state index contributed by atoms with van der Waals surface area (Å²) in [5.74, 6) is -0.141. The van der Waals surface area contributed by atoms with Crippen LogP contribution in [0.5, 0.6) is 0 Å². The van der Waals surface area contributed by atoms with Gasteiger partial charge in [0.2, 0.25) is 0 Å². The summed E-state index contributed by atoms with van der Waals surface area (Å²) in [6, 6.07) is 15.3. The molecule has 1 aromatic heterocycles. The number of nitrogens with zero attached hydrogens (tertiary/aromatic N) is 1. The van der Waals surface area contributed by atoms with E-state index in [2.05, 4.69) is 0 Å². The number of furan rings is 1. The maximum Gasteiger partial charge on any atom is 0.335 e. The number of aryl methyl sites for hydroxylation is 1. The fourth-order valence-electron chi connectivity index (χ4n) is 3.08. The lowest BCUT2D eigenvalue weighted by atomic mass is 10.0. The Morgan fingerprint density at radius 3 is 2.70 bits per heavy atom. The molecular weight excluding hydrogens is 442 g/mol. The lowest BCUT2D eigenvalue weighted by Gasteiger charge is -2.14. The zero-order chi connectivity index (χ0) is 21.4. The topological polar surface area (TPSA) is 70.8 Å². The Kier molecular flexibility index (Phi) is 5.51. The Morgan fingerprint density at radius 2 is 2.00 bits per heavy atom. The van der Waals surface area contributed by atoms with E-state index in [-0.39, 0.29) is 11.5 Å². The molecule has 1 fully saturated rings. The van der Waals surface area contributed by atoms with Gasteiger partial charge in [-0.25, -0.2) is 4.79 Å². The van der Waals surface area contributed by atoms with Crippen LogP contribution in [0.15, 0.2) is 63.9 Å². The van der Waals surface area contributed by atoms with Crippen molar-refractivity contribution in [3.05, 3.63) is 81.4 Å². The van der Waals surface area contributed by atoms with E-state index in [0.29, 0.717) is 31.5 Å². The minimum Gasteiger partial charge on any atom is -0.478 e. The number of aromatic carboxylic acids is 1. The second-order valence-electron chi connectivity index (χ2n) is 6.53. The van der Waals surface area contributed by atoms with Crippen LogP contribution < -0.4 is 4.90 Å². The lowest BCUT2D eigenvalue weighted by molar-refractivity contribution is -0.113. The summed E-state index contributed by atoms with van der Waals surface area (Å²) in [6.07, 6.45) is 1.65. The van der Waals surface area contributed by atoms with Gasteiger partial charge >= 0.3 is 5.97 Å². The van der Waals surface area contributed by atoms with E-state index in [0.717, 1.165) is 11.1 Å². The normalized spacial score (nSPS) is 15.3. The molecule has 5 nitrogen and oxygen atoms in total. The van der Waals surface area contributed by atoms with Gasteiger partial charge in [-0.05, 0) is 55.0 Å². The number of carboxylic acids is 1. The van der Waals surface area contributed by atoms with Gasteiger partial charge in [-0.1, -0.05) is 47.7 Å². The van der Waals surface area contributed by atoms with Crippen LogP contribution in [0.25, 0.3) is 17.4 Å². The van der Waals surface area contributed by atoms with Crippen LogP contribution in [0.1, 0.15) is 21.7 Å². The first kappa shape index (κ1) is 20.4. The van der Waals surface area contributed by atoms with Crippen molar-refractivity contribution in [2.24, 2.45) is 0 Å². The third kappa shape index (κ3) is 3.92. The molecule has 8 heteroatoms. The summed E-state index contributed by atoms with van der Waals surface area (Å²) < 4.78 is 6.30. The number of hydrogen-bond donors (Lipinski definition) is 1. The molecule has 2 heterocycles. The van der Waals surface area contributed by atoms with Crippen molar-refractivity contribution in [3.8, 4) is 11.3 Å². The Bertz CT molecular complexity index is 1230.